The Bertz CT molecular complexity index is 384. The van der Waals surface area contributed by atoms with Crippen LogP contribution in [0.25, 0.3) is 11.1 Å². The van der Waals surface area contributed by atoms with E-state index in [1.54, 1.807) is 0 Å². The second-order valence-electron chi connectivity index (χ2n) is 3.42. The molecule has 0 unspecified atom stereocenters. The van der Waals surface area contributed by atoms with Crippen LogP contribution >= 0.6 is 0 Å². The molecule has 0 saturated carbocycles. The van der Waals surface area contributed by atoms with Crippen LogP contribution in [0, 0.1) is 0 Å². The van der Waals surface area contributed by atoms with Gasteiger partial charge in [0, 0.05) is 0 Å². The van der Waals surface area contributed by atoms with E-state index in [1.165, 1.54) is 16.7 Å². The van der Waals surface area contributed by atoms with Gasteiger partial charge in [0.1, 0.15) is 0 Å². The number of aryl methyl sites for hydroxylation is 1. The minimum absolute atomic E-state index is 1.11. The largest absolute Gasteiger partial charge is 0.0622 e. The van der Waals surface area contributed by atoms with Crippen molar-refractivity contribution in [1.29, 1.82) is 0 Å². The Morgan fingerprint density at radius 3 is 1.86 bits per heavy atom. The highest BCUT2D eigenvalue weighted by Gasteiger charge is 1.95. The lowest BCUT2D eigenvalue weighted by Crippen LogP contribution is -1.80. The van der Waals surface area contributed by atoms with Gasteiger partial charge < -0.3 is 0 Å². The Morgan fingerprint density at radius 1 is 0.714 bits per heavy atom. The Hall–Kier alpha value is -1.56. The lowest BCUT2D eigenvalue weighted by Gasteiger charge is -2.02. The number of benzene rings is 2. The van der Waals surface area contributed by atoms with Crippen molar-refractivity contribution in [3.63, 3.8) is 0 Å². The molecule has 70 valence electrons. The van der Waals surface area contributed by atoms with E-state index in [-0.39, 0.29) is 0 Å². The third-order valence-corrected chi connectivity index (χ3v) is 2.47. The molecule has 0 aliphatic rings. The summed E-state index contributed by atoms with van der Waals surface area (Å²) in [7, 11) is 0. The molecule has 0 bridgehead atoms. The molecule has 2 aromatic carbocycles. The van der Waals surface area contributed by atoms with Gasteiger partial charge in [-0.1, -0.05) is 61.5 Å². The topological polar surface area (TPSA) is 0 Å². The molecule has 0 radical (unpaired) electrons. The molecule has 0 nitrogen and oxygen atoms in total. The van der Waals surface area contributed by atoms with E-state index in [1.807, 2.05) is 6.07 Å². The van der Waals surface area contributed by atoms with Crippen molar-refractivity contribution >= 4 is 0 Å². The van der Waals surface area contributed by atoms with E-state index < -0.39 is 0 Å². The minimum atomic E-state index is 1.11. The Kier molecular flexibility index (Phi) is 2.64. The van der Waals surface area contributed by atoms with Crippen molar-refractivity contribution in [2.45, 2.75) is 13.3 Å². The van der Waals surface area contributed by atoms with Gasteiger partial charge in [-0.05, 0) is 23.1 Å². The van der Waals surface area contributed by atoms with Gasteiger partial charge in [-0.15, -0.1) is 0 Å². The molecule has 0 saturated heterocycles. The summed E-state index contributed by atoms with van der Waals surface area (Å²) in [6.45, 7) is 2.18. The van der Waals surface area contributed by atoms with Gasteiger partial charge in [-0.2, -0.15) is 0 Å². The maximum absolute atomic E-state index is 2.20. The summed E-state index contributed by atoms with van der Waals surface area (Å²) >= 11 is 0. The van der Waals surface area contributed by atoms with Crippen LogP contribution in [-0.4, -0.2) is 0 Å². The third kappa shape index (κ3) is 1.85. The lowest BCUT2D eigenvalue weighted by atomic mass is 10.0. The standard InChI is InChI=1S/C14H14/c1-2-12-8-10-14(11-9-12)13-6-4-3-5-7-13/h3-11H,2H2,1H3. The molecule has 0 amide bonds. The number of hydrogen-bond acceptors (Lipinski definition) is 0. The minimum Gasteiger partial charge on any atom is -0.0622 e. The lowest BCUT2D eigenvalue weighted by molar-refractivity contribution is 1.14. The normalized spacial score (nSPS) is 10.1. The highest BCUT2D eigenvalue weighted by Crippen LogP contribution is 2.19. The zero-order valence-corrected chi connectivity index (χ0v) is 8.40. The molecule has 2 aromatic rings. The van der Waals surface area contributed by atoms with E-state index in [0.29, 0.717) is 0 Å². The first-order valence-corrected chi connectivity index (χ1v) is 5.04. The molecule has 0 aliphatic carbocycles. The summed E-state index contributed by atoms with van der Waals surface area (Å²) in [6, 6.07) is 19.2. The monoisotopic (exact) mass is 182 g/mol. The average Bonchev–Trinajstić information content (AvgIpc) is 2.30. The summed E-state index contributed by atoms with van der Waals surface area (Å²) in [4.78, 5) is 0. The van der Waals surface area contributed by atoms with Crippen molar-refractivity contribution < 1.29 is 0 Å². The molecular formula is C14H14. The van der Waals surface area contributed by atoms with Crippen LogP contribution in [0.2, 0.25) is 0 Å². The van der Waals surface area contributed by atoms with Crippen molar-refractivity contribution in [1.82, 2.24) is 0 Å². The predicted molar refractivity (Wildman–Crippen MR) is 61.3 cm³/mol. The van der Waals surface area contributed by atoms with Gasteiger partial charge in [-0.3, -0.25) is 0 Å². The average molecular weight is 182 g/mol. The van der Waals surface area contributed by atoms with E-state index in [2.05, 4.69) is 55.5 Å². The van der Waals surface area contributed by atoms with E-state index in [0.717, 1.165) is 6.42 Å². The van der Waals surface area contributed by atoms with Crippen LogP contribution in [0.3, 0.4) is 0 Å². The van der Waals surface area contributed by atoms with Crippen molar-refractivity contribution in [3.8, 4) is 11.1 Å². The van der Waals surface area contributed by atoms with Crippen LogP contribution in [-0.2, 0) is 6.42 Å². The predicted octanol–water partition coefficient (Wildman–Crippen LogP) is 3.92. The molecular weight excluding hydrogens is 168 g/mol. The molecule has 0 heterocycles. The van der Waals surface area contributed by atoms with Crippen LogP contribution in [0.5, 0.6) is 0 Å². The van der Waals surface area contributed by atoms with Crippen molar-refractivity contribution in [2.24, 2.45) is 0 Å². The first-order chi connectivity index (χ1) is 6.90. The molecule has 2 rings (SSSR count). The van der Waals surface area contributed by atoms with Gasteiger partial charge in [0.25, 0.3) is 0 Å². The van der Waals surface area contributed by atoms with Crippen molar-refractivity contribution in [2.75, 3.05) is 0 Å². The zero-order chi connectivity index (χ0) is 9.80. The van der Waals surface area contributed by atoms with Gasteiger partial charge in [-0.25, -0.2) is 0 Å². The summed E-state index contributed by atoms with van der Waals surface area (Å²) in [5.41, 5.74) is 3.97. The highest BCUT2D eigenvalue weighted by atomic mass is 14.0. The van der Waals surface area contributed by atoms with Crippen LogP contribution in [0.4, 0.5) is 0 Å². The summed E-state index contributed by atoms with van der Waals surface area (Å²) in [6.07, 6.45) is 1.11. The Morgan fingerprint density at radius 2 is 1.29 bits per heavy atom. The molecule has 14 heavy (non-hydrogen) atoms. The van der Waals surface area contributed by atoms with Crippen molar-refractivity contribution in [3.05, 3.63) is 60.2 Å². The van der Waals surface area contributed by atoms with Gasteiger partial charge >= 0.3 is 0 Å². The molecule has 0 spiro atoms. The molecule has 0 heteroatoms. The second-order valence-corrected chi connectivity index (χ2v) is 3.42. The first kappa shape index (κ1) is 9.01. The van der Waals surface area contributed by atoms with Gasteiger partial charge in [0.2, 0.25) is 0 Å². The van der Waals surface area contributed by atoms with Gasteiger partial charge in [0.15, 0.2) is 0 Å². The Balaban J connectivity index is 2.34. The van der Waals surface area contributed by atoms with Gasteiger partial charge in [0.05, 0.1) is 0 Å². The quantitative estimate of drug-likeness (QED) is 0.660. The number of hydrogen-bond donors (Lipinski definition) is 0. The maximum Gasteiger partial charge on any atom is -0.0184 e. The van der Waals surface area contributed by atoms with E-state index in [9.17, 15) is 0 Å². The summed E-state index contributed by atoms with van der Waals surface area (Å²) < 4.78 is 0. The molecule has 0 N–H and O–H groups in total. The molecule has 0 fully saturated rings. The Labute approximate surface area is 85.2 Å². The highest BCUT2D eigenvalue weighted by molar-refractivity contribution is 5.63. The SMILES string of the molecule is CCc1ccc(-c2ccccc2)cc1. The third-order valence-electron chi connectivity index (χ3n) is 2.47. The number of rotatable bonds is 2. The summed E-state index contributed by atoms with van der Waals surface area (Å²) in [5.74, 6) is 0. The fourth-order valence-electron chi connectivity index (χ4n) is 1.56. The zero-order valence-electron chi connectivity index (χ0n) is 8.40. The van der Waals surface area contributed by atoms with Crippen LogP contribution in [0.1, 0.15) is 12.5 Å². The summed E-state index contributed by atoms with van der Waals surface area (Å²) in [5, 5.41) is 0. The van der Waals surface area contributed by atoms with Crippen LogP contribution < -0.4 is 0 Å². The fourth-order valence-corrected chi connectivity index (χ4v) is 1.56. The molecule has 0 atom stereocenters. The van der Waals surface area contributed by atoms with E-state index in [4.69, 9.17) is 0 Å². The first-order valence-electron chi connectivity index (χ1n) is 5.04. The van der Waals surface area contributed by atoms with Crippen LogP contribution in [0.15, 0.2) is 54.6 Å². The van der Waals surface area contributed by atoms with E-state index >= 15 is 0 Å². The maximum atomic E-state index is 2.20. The second kappa shape index (κ2) is 4.10. The molecule has 0 aliphatic heterocycles. The molecule has 0 aromatic heterocycles. The smallest absolute Gasteiger partial charge is 0.0184 e. The fraction of sp³-hybridized carbons (Fsp3) is 0.143.